The lowest BCUT2D eigenvalue weighted by Crippen LogP contribution is -2.13. The van der Waals surface area contributed by atoms with Gasteiger partial charge in [-0.3, -0.25) is 0 Å². The van der Waals surface area contributed by atoms with Crippen LogP contribution in [-0.4, -0.2) is 18.1 Å². The Kier molecular flexibility index (Phi) is 4.94. The van der Waals surface area contributed by atoms with Crippen molar-refractivity contribution in [3.63, 3.8) is 0 Å². The topological polar surface area (TPSA) is 21.3 Å². The molecule has 0 saturated carbocycles. The second-order valence-corrected chi connectivity index (χ2v) is 6.78. The summed E-state index contributed by atoms with van der Waals surface area (Å²) in [6, 6.07) is 15.5. The van der Waals surface area contributed by atoms with Crippen LogP contribution in [0.4, 0.5) is 5.69 Å². The van der Waals surface area contributed by atoms with E-state index in [9.17, 15) is 0 Å². The fourth-order valence-electron chi connectivity index (χ4n) is 2.29. The lowest BCUT2D eigenvalue weighted by atomic mass is 10.1. The third-order valence-corrected chi connectivity index (χ3v) is 5.01. The van der Waals surface area contributed by atoms with Gasteiger partial charge in [0.2, 0.25) is 0 Å². The highest BCUT2D eigenvalue weighted by Crippen LogP contribution is 2.26. The Morgan fingerprint density at radius 2 is 1.71 bits per heavy atom. The fraction of sp³-hybridized carbons (Fsp3) is 0.294. The molecule has 1 atom stereocenters. The lowest BCUT2D eigenvalue weighted by Gasteiger charge is -2.12. The van der Waals surface area contributed by atoms with Gasteiger partial charge in [-0.1, -0.05) is 11.6 Å². The van der Waals surface area contributed by atoms with Crippen LogP contribution in [0, 0.1) is 5.92 Å². The zero-order valence-corrected chi connectivity index (χ0v) is 13.3. The molecule has 0 amide bonds. The highest BCUT2D eigenvalue weighted by atomic mass is 35.5. The molecule has 1 aliphatic heterocycles. The van der Waals surface area contributed by atoms with Crippen LogP contribution < -0.4 is 10.1 Å². The molecule has 0 aromatic heterocycles. The van der Waals surface area contributed by atoms with Crippen molar-refractivity contribution in [3.8, 4) is 11.5 Å². The molecule has 0 radical (unpaired) electrons. The molecule has 1 aliphatic rings. The minimum atomic E-state index is 0.715. The van der Waals surface area contributed by atoms with Gasteiger partial charge in [0.25, 0.3) is 0 Å². The Bertz CT molecular complexity index is 564. The third kappa shape index (κ3) is 4.32. The predicted molar refractivity (Wildman–Crippen MR) is 91.9 cm³/mol. The van der Waals surface area contributed by atoms with E-state index in [4.69, 9.17) is 16.3 Å². The first kappa shape index (κ1) is 14.6. The van der Waals surface area contributed by atoms with Gasteiger partial charge < -0.3 is 10.1 Å². The molecule has 1 saturated heterocycles. The van der Waals surface area contributed by atoms with Crippen LogP contribution in [0.3, 0.4) is 0 Å². The van der Waals surface area contributed by atoms with E-state index in [-0.39, 0.29) is 0 Å². The van der Waals surface area contributed by atoms with Crippen LogP contribution in [-0.2, 0) is 0 Å². The van der Waals surface area contributed by atoms with E-state index in [1.165, 1.54) is 17.9 Å². The lowest BCUT2D eigenvalue weighted by molar-refractivity contribution is 0.483. The quantitative estimate of drug-likeness (QED) is 0.808. The molecular formula is C17H18ClNOS. The van der Waals surface area contributed by atoms with E-state index in [1.807, 2.05) is 36.4 Å². The Hall–Kier alpha value is -1.32. The summed E-state index contributed by atoms with van der Waals surface area (Å²) >= 11 is 7.91. The van der Waals surface area contributed by atoms with E-state index in [0.29, 0.717) is 5.02 Å². The highest BCUT2D eigenvalue weighted by Gasteiger charge is 2.14. The fourth-order valence-corrected chi connectivity index (χ4v) is 3.70. The number of benzene rings is 2. The van der Waals surface area contributed by atoms with Gasteiger partial charge >= 0.3 is 0 Å². The maximum absolute atomic E-state index is 5.86. The third-order valence-electron chi connectivity index (χ3n) is 3.52. The van der Waals surface area contributed by atoms with Crippen LogP contribution in [0.15, 0.2) is 48.5 Å². The van der Waals surface area contributed by atoms with Crippen molar-refractivity contribution in [1.82, 2.24) is 0 Å². The van der Waals surface area contributed by atoms with Gasteiger partial charge in [-0.2, -0.15) is 11.8 Å². The number of hydrogen-bond donors (Lipinski definition) is 1. The normalized spacial score (nSPS) is 17.7. The van der Waals surface area contributed by atoms with Crippen LogP contribution in [0.2, 0.25) is 5.02 Å². The first-order valence-corrected chi connectivity index (χ1v) is 8.68. The molecule has 0 spiro atoms. The average Bonchev–Trinajstić information content (AvgIpc) is 3.02. The van der Waals surface area contributed by atoms with Crippen molar-refractivity contribution in [2.75, 3.05) is 23.4 Å². The summed E-state index contributed by atoms with van der Waals surface area (Å²) in [5.74, 6) is 5.02. The van der Waals surface area contributed by atoms with Crippen molar-refractivity contribution in [1.29, 1.82) is 0 Å². The standard InChI is InChI=1S/C17H18ClNOS/c18-14-1-5-16(6-2-14)20-17-7-3-15(4-8-17)19-11-13-9-10-21-12-13/h1-8,13,19H,9-12H2. The molecule has 4 heteroatoms. The summed E-state index contributed by atoms with van der Waals surface area (Å²) < 4.78 is 5.78. The minimum Gasteiger partial charge on any atom is -0.457 e. The number of hydrogen-bond acceptors (Lipinski definition) is 3. The number of rotatable bonds is 5. The zero-order chi connectivity index (χ0) is 14.5. The first-order chi connectivity index (χ1) is 10.3. The smallest absolute Gasteiger partial charge is 0.127 e. The van der Waals surface area contributed by atoms with Crippen molar-refractivity contribution in [2.24, 2.45) is 5.92 Å². The van der Waals surface area contributed by atoms with E-state index >= 15 is 0 Å². The van der Waals surface area contributed by atoms with Crippen LogP contribution in [0.5, 0.6) is 11.5 Å². The Morgan fingerprint density at radius 1 is 1.05 bits per heavy atom. The maximum atomic E-state index is 5.86. The highest BCUT2D eigenvalue weighted by molar-refractivity contribution is 7.99. The Labute approximate surface area is 134 Å². The van der Waals surface area contributed by atoms with Crippen molar-refractivity contribution in [3.05, 3.63) is 53.6 Å². The molecule has 1 unspecified atom stereocenters. The van der Waals surface area contributed by atoms with Crippen LogP contribution in [0.1, 0.15) is 6.42 Å². The zero-order valence-electron chi connectivity index (χ0n) is 11.7. The van der Waals surface area contributed by atoms with Crippen molar-refractivity contribution >= 4 is 29.1 Å². The van der Waals surface area contributed by atoms with E-state index < -0.39 is 0 Å². The molecule has 3 rings (SSSR count). The minimum absolute atomic E-state index is 0.715. The number of anilines is 1. The number of thioether (sulfide) groups is 1. The van der Waals surface area contributed by atoms with Gasteiger partial charge in [0.05, 0.1) is 0 Å². The van der Waals surface area contributed by atoms with Crippen molar-refractivity contribution in [2.45, 2.75) is 6.42 Å². The Balaban J connectivity index is 1.54. The first-order valence-electron chi connectivity index (χ1n) is 7.15. The van der Waals surface area contributed by atoms with Gasteiger partial charge in [0.15, 0.2) is 0 Å². The summed E-state index contributed by atoms with van der Waals surface area (Å²) in [4.78, 5) is 0. The molecule has 2 nitrogen and oxygen atoms in total. The molecule has 21 heavy (non-hydrogen) atoms. The van der Waals surface area contributed by atoms with E-state index in [2.05, 4.69) is 29.2 Å². The van der Waals surface area contributed by atoms with Crippen molar-refractivity contribution < 1.29 is 4.74 Å². The molecule has 0 aliphatic carbocycles. The molecular weight excluding hydrogens is 302 g/mol. The van der Waals surface area contributed by atoms with Gasteiger partial charge in [0, 0.05) is 17.3 Å². The van der Waals surface area contributed by atoms with E-state index in [0.717, 1.165) is 29.6 Å². The second kappa shape index (κ2) is 7.10. The molecule has 2 aromatic rings. The Morgan fingerprint density at radius 3 is 2.33 bits per heavy atom. The van der Waals surface area contributed by atoms with E-state index in [1.54, 1.807) is 0 Å². The largest absolute Gasteiger partial charge is 0.457 e. The number of ether oxygens (including phenoxy) is 1. The molecule has 1 fully saturated rings. The summed E-state index contributed by atoms with van der Waals surface area (Å²) in [7, 11) is 0. The monoisotopic (exact) mass is 319 g/mol. The van der Waals surface area contributed by atoms with Gasteiger partial charge in [-0.15, -0.1) is 0 Å². The summed E-state index contributed by atoms with van der Waals surface area (Å²) in [6.45, 7) is 1.06. The van der Waals surface area contributed by atoms with Crippen LogP contribution in [0.25, 0.3) is 0 Å². The summed E-state index contributed by atoms with van der Waals surface area (Å²) in [5, 5.41) is 4.21. The average molecular weight is 320 g/mol. The molecule has 1 heterocycles. The van der Waals surface area contributed by atoms with Gasteiger partial charge in [-0.05, 0) is 72.4 Å². The van der Waals surface area contributed by atoms with Gasteiger partial charge in [-0.25, -0.2) is 0 Å². The number of nitrogens with one attached hydrogen (secondary N) is 1. The maximum Gasteiger partial charge on any atom is 0.127 e. The summed E-state index contributed by atoms with van der Waals surface area (Å²) in [5.41, 5.74) is 1.15. The second-order valence-electron chi connectivity index (χ2n) is 5.19. The SMILES string of the molecule is Clc1ccc(Oc2ccc(NCC3CCSC3)cc2)cc1. The molecule has 1 N–H and O–H groups in total. The molecule has 110 valence electrons. The number of halogens is 1. The predicted octanol–water partition coefficient (Wildman–Crippen LogP) is 5.30. The van der Waals surface area contributed by atoms with Gasteiger partial charge in [0.1, 0.15) is 11.5 Å². The molecule has 2 aromatic carbocycles. The van der Waals surface area contributed by atoms with Crippen LogP contribution >= 0.6 is 23.4 Å². The molecule has 0 bridgehead atoms. The summed E-state index contributed by atoms with van der Waals surface area (Å²) in [6.07, 6.45) is 1.33.